The molecule has 0 saturated carbocycles. The van der Waals surface area contributed by atoms with Gasteiger partial charge < -0.3 is 10.8 Å². The van der Waals surface area contributed by atoms with Crippen LogP contribution < -0.4 is 5.73 Å². The van der Waals surface area contributed by atoms with Gasteiger partial charge in [-0.3, -0.25) is 0 Å². The lowest BCUT2D eigenvalue weighted by Gasteiger charge is -2.09. The maximum atomic E-state index is 13.0. The van der Waals surface area contributed by atoms with Crippen LogP contribution in [-0.2, 0) is 0 Å². The fourth-order valence-corrected chi connectivity index (χ4v) is 1.15. The molecule has 4 heteroatoms. The number of rotatable bonds is 2. The molecule has 70 valence electrons. The Hall–Kier alpha value is -1.42. The molecule has 0 bridgehead atoms. The fourth-order valence-electron chi connectivity index (χ4n) is 1.15. The largest absolute Gasteiger partial charge is 0.478 e. The van der Waals surface area contributed by atoms with Crippen LogP contribution in [0.3, 0.4) is 0 Å². The van der Waals surface area contributed by atoms with Gasteiger partial charge in [0.25, 0.3) is 0 Å². The molecule has 1 aromatic carbocycles. The third-order valence-electron chi connectivity index (χ3n) is 1.75. The number of nitrogens with two attached hydrogens (primary N) is 1. The maximum Gasteiger partial charge on any atom is 0.339 e. The van der Waals surface area contributed by atoms with Crippen LogP contribution in [0.2, 0.25) is 0 Å². The van der Waals surface area contributed by atoms with Gasteiger partial charge in [-0.1, -0.05) is 12.1 Å². The molecule has 1 rings (SSSR count). The Morgan fingerprint density at radius 2 is 2.23 bits per heavy atom. The van der Waals surface area contributed by atoms with E-state index in [0.717, 1.165) is 6.07 Å². The molecule has 0 amide bonds. The molecule has 0 unspecified atom stereocenters. The van der Waals surface area contributed by atoms with Crippen molar-refractivity contribution in [3.8, 4) is 0 Å². The Labute approximate surface area is 75.0 Å². The van der Waals surface area contributed by atoms with E-state index in [4.69, 9.17) is 10.8 Å². The molecular formula is C9H10FNO2. The molecule has 13 heavy (non-hydrogen) atoms. The highest BCUT2D eigenvalue weighted by Crippen LogP contribution is 2.18. The van der Waals surface area contributed by atoms with Crippen LogP contribution in [0.4, 0.5) is 4.39 Å². The van der Waals surface area contributed by atoms with E-state index in [-0.39, 0.29) is 5.56 Å². The minimum Gasteiger partial charge on any atom is -0.478 e. The van der Waals surface area contributed by atoms with Crippen molar-refractivity contribution in [2.45, 2.75) is 13.0 Å². The van der Waals surface area contributed by atoms with E-state index < -0.39 is 17.8 Å². The summed E-state index contributed by atoms with van der Waals surface area (Å²) < 4.78 is 13.0. The van der Waals surface area contributed by atoms with Gasteiger partial charge in [-0.2, -0.15) is 0 Å². The van der Waals surface area contributed by atoms with Gasteiger partial charge in [0.05, 0.1) is 5.56 Å². The molecule has 0 fully saturated rings. The summed E-state index contributed by atoms with van der Waals surface area (Å²) in [4.78, 5) is 10.7. The summed E-state index contributed by atoms with van der Waals surface area (Å²) in [6, 6.07) is 3.58. The van der Waals surface area contributed by atoms with Crippen molar-refractivity contribution in [2.24, 2.45) is 5.73 Å². The predicted octanol–water partition coefficient (Wildman–Crippen LogP) is 1.54. The summed E-state index contributed by atoms with van der Waals surface area (Å²) in [5.74, 6) is -2.03. The van der Waals surface area contributed by atoms with Crippen molar-refractivity contribution in [3.63, 3.8) is 0 Å². The van der Waals surface area contributed by atoms with Crippen molar-refractivity contribution in [2.75, 3.05) is 0 Å². The van der Waals surface area contributed by atoms with Crippen LogP contribution in [0.15, 0.2) is 18.2 Å². The first-order valence-electron chi connectivity index (χ1n) is 3.81. The molecule has 0 heterocycles. The number of benzene rings is 1. The summed E-state index contributed by atoms with van der Waals surface area (Å²) in [7, 11) is 0. The monoisotopic (exact) mass is 183 g/mol. The molecule has 3 nitrogen and oxygen atoms in total. The van der Waals surface area contributed by atoms with E-state index in [1.165, 1.54) is 12.1 Å². The van der Waals surface area contributed by atoms with Gasteiger partial charge in [0.1, 0.15) is 5.82 Å². The number of hydrogen-bond donors (Lipinski definition) is 2. The summed E-state index contributed by atoms with van der Waals surface area (Å²) in [6.07, 6.45) is 0. The Morgan fingerprint density at radius 1 is 1.62 bits per heavy atom. The normalized spacial score (nSPS) is 12.5. The van der Waals surface area contributed by atoms with Crippen molar-refractivity contribution in [3.05, 3.63) is 35.1 Å². The first-order valence-corrected chi connectivity index (χ1v) is 3.81. The van der Waals surface area contributed by atoms with E-state index in [9.17, 15) is 9.18 Å². The molecular weight excluding hydrogens is 173 g/mol. The van der Waals surface area contributed by atoms with Gasteiger partial charge in [-0.05, 0) is 18.6 Å². The Bertz CT molecular complexity index is 336. The molecule has 0 spiro atoms. The number of hydrogen-bond acceptors (Lipinski definition) is 2. The average Bonchev–Trinajstić information content (AvgIpc) is 2.02. The number of halogens is 1. The van der Waals surface area contributed by atoms with Crippen molar-refractivity contribution in [1.82, 2.24) is 0 Å². The third kappa shape index (κ3) is 1.84. The van der Waals surface area contributed by atoms with Crippen LogP contribution in [0.5, 0.6) is 0 Å². The second kappa shape index (κ2) is 3.53. The molecule has 0 radical (unpaired) electrons. The second-order valence-electron chi connectivity index (χ2n) is 2.80. The van der Waals surface area contributed by atoms with Crippen LogP contribution in [0, 0.1) is 5.82 Å². The van der Waals surface area contributed by atoms with Crippen LogP contribution in [-0.4, -0.2) is 11.1 Å². The lowest BCUT2D eigenvalue weighted by Crippen LogP contribution is -2.13. The quantitative estimate of drug-likeness (QED) is 0.731. The highest BCUT2D eigenvalue weighted by Gasteiger charge is 2.17. The molecule has 0 saturated heterocycles. The topological polar surface area (TPSA) is 63.3 Å². The number of carboxylic acids is 1. The summed E-state index contributed by atoms with van der Waals surface area (Å²) in [6.45, 7) is 1.61. The van der Waals surface area contributed by atoms with Crippen LogP contribution in [0.25, 0.3) is 0 Å². The molecule has 0 aromatic heterocycles. The summed E-state index contributed by atoms with van der Waals surface area (Å²) in [5, 5.41) is 8.70. The molecule has 1 atom stereocenters. The second-order valence-corrected chi connectivity index (χ2v) is 2.80. The van der Waals surface area contributed by atoms with Crippen molar-refractivity contribution < 1.29 is 14.3 Å². The summed E-state index contributed by atoms with van der Waals surface area (Å²) >= 11 is 0. The molecule has 1 aromatic rings. The average molecular weight is 183 g/mol. The van der Waals surface area contributed by atoms with Crippen LogP contribution in [0.1, 0.15) is 28.9 Å². The van der Waals surface area contributed by atoms with E-state index in [0.29, 0.717) is 5.56 Å². The van der Waals surface area contributed by atoms with Gasteiger partial charge in [0, 0.05) is 6.04 Å². The van der Waals surface area contributed by atoms with Gasteiger partial charge in [0.2, 0.25) is 0 Å². The zero-order valence-corrected chi connectivity index (χ0v) is 7.12. The van der Waals surface area contributed by atoms with E-state index in [1.54, 1.807) is 6.92 Å². The Balaban J connectivity index is 3.34. The van der Waals surface area contributed by atoms with E-state index >= 15 is 0 Å². The zero-order valence-electron chi connectivity index (χ0n) is 7.12. The van der Waals surface area contributed by atoms with Gasteiger partial charge in [0.15, 0.2) is 0 Å². The number of aromatic carboxylic acids is 1. The SMILES string of the molecule is C[C@@H](N)c1cccc(F)c1C(=O)O. The zero-order chi connectivity index (χ0) is 10.0. The minimum absolute atomic E-state index is 0.313. The van der Waals surface area contributed by atoms with Crippen LogP contribution >= 0.6 is 0 Å². The minimum atomic E-state index is -1.29. The standard InChI is InChI=1S/C9H10FNO2/c1-5(11)6-3-2-4-7(10)8(6)9(12)13/h2-5H,11H2,1H3,(H,12,13)/t5-/m1/s1. The van der Waals surface area contributed by atoms with Crippen molar-refractivity contribution in [1.29, 1.82) is 0 Å². The fraction of sp³-hybridized carbons (Fsp3) is 0.222. The maximum absolute atomic E-state index is 13.0. The van der Waals surface area contributed by atoms with E-state index in [2.05, 4.69) is 0 Å². The lowest BCUT2D eigenvalue weighted by molar-refractivity contribution is 0.0690. The highest BCUT2D eigenvalue weighted by atomic mass is 19.1. The van der Waals surface area contributed by atoms with Gasteiger partial charge >= 0.3 is 5.97 Å². The Morgan fingerprint density at radius 3 is 2.62 bits per heavy atom. The lowest BCUT2D eigenvalue weighted by atomic mass is 10.0. The number of carbonyl (C=O) groups is 1. The smallest absolute Gasteiger partial charge is 0.339 e. The third-order valence-corrected chi connectivity index (χ3v) is 1.75. The van der Waals surface area contributed by atoms with Gasteiger partial charge in [-0.25, -0.2) is 9.18 Å². The van der Waals surface area contributed by atoms with Gasteiger partial charge in [-0.15, -0.1) is 0 Å². The summed E-state index contributed by atoms with van der Waals surface area (Å²) in [5.41, 5.74) is 5.47. The predicted molar refractivity (Wildman–Crippen MR) is 46.0 cm³/mol. The molecule has 0 aliphatic carbocycles. The Kier molecular flexibility index (Phi) is 2.63. The number of carboxylic acid groups (broad SMARTS) is 1. The highest BCUT2D eigenvalue weighted by molar-refractivity contribution is 5.89. The van der Waals surface area contributed by atoms with E-state index in [1.807, 2.05) is 0 Å². The molecule has 0 aliphatic heterocycles. The van der Waals surface area contributed by atoms with Crippen molar-refractivity contribution >= 4 is 5.97 Å². The molecule has 0 aliphatic rings. The molecule has 3 N–H and O–H groups in total. The first-order chi connectivity index (χ1) is 6.04. The first kappa shape index (κ1) is 9.67.